The second-order valence-corrected chi connectivity index (χ2v) is 5.37. The summed E-state index contributed by atoms with van der Waals surface area (Å²) in [4.78, 5) is 32.4. The van der Waals surface area contributed by atoms with Crippen LogP contribution in [0.5, 0.6) is 0 Å². The first-order valence-electron chi connectivity index (χ1n) is 7.68. The van der Waals surface area contributed by atoms with Gasteiger partial charge < -0.3 is 11.1 Å². The third-order valence-corrected chi connectivity index (χ3v) is 3.58. The number of nitrogens with two attached hydrogens (primary N) is 1. The van der Waals surface area contributed by atoms with Gasteiger partial charge in [0, 0.05) is 6.08 Å². The Kier molecular flexibility index (Phi) is 4.80. The standard InChI is InChI=1S/C19H16N4O2/c20-19(25)18(13-6-2-1-3-7-13)23-17(24)11-10-14-12-21-15-8-4-5-9-16(15)22-14/h1-12,18H,(H2,20,25)(H,23,24)/b11-10+. The Morgan fingerprint density at radius 3 is 2.40 bits per heavy atom. The number of hydrogen-bond donors (Lipinski definition) is 2. The Labute approximate surface area is 144 Å². The summed E-state index contributed by atoms with van der Waals surface area (Å²) >= 11 is 0. The van der Waals surface area contributed by atoms with Crippen LogP contribution in [0.3, 0.4) is 0 Å². The topological polar surface area (TPSA) is 98.0 Å². The number of nitrogens with zero attached hydrogens (tertiary/aromatic N) is 2. The molecule has 2 amide bonds. The molecular formula is C19H16N4O2. The summed E-state index contributed by atoms with van der Waals surface area (Å²) < 4.78 is 0. The van der Waals surface area contributed by atoms with Crippen molar-refractivity contribution in [1.82, 2.24) is 15.3 Å². The fourth-order valence-electron chi connectivity index (χ4n) is 2.37. The lowest BCUT2D eigenvalue weighted by molar-refractivity contribution is -0.125. The first kappa shape index (κ1) is 16.3. The van der Waals surface area contributed by atoms with E-state index in [1.54, 1.807) is 30.5 Å². The van der Waals surface area contributed by atoms with Crippen molar-refractivity contribution in [2.45, 2.75) is 6.04 Å². The van der Waals surface area contributed by atoms with Crippen LogP contribution in [0.1, 0.15) is 17.3 Å². The second kappa shape index (κ2) is 7.35. The van der Waals surface area contributed by atoms with Gasteiger partial charge in [-0.05, 0) is 23.8 Å². The molecule has 0 fully saturated rings. The maximum Gasteiger partial charge on any atom is 0.244 e. The van der Waals surface area contributed by atoms with Crippen LogP contribution >= 0.6 is 0 Å². The SMILES string of the molecule is NC(=O)C(NC(=O)/C=C/c1cnc2ccccc2n1)c1ccccc1. The fourth-order valence-corrected chi connectivity index (χ4v) is 2.37. The minimum absolute atomic E-state index is 0.442. The Balaban J connectivity index is 1.73. The van der Waals surface area contributed by atoms with Gasteiger partial charge in [0.05, 0.1) is 22.9 Å². The summed E-state index contributed by atoms with van der Waals surface area (Å²) in [5.74, 6) is -1.07. The summed E-state index contributed by atoms with van der Waals surface area (Å²) in [6, 6.07) is 15.4. The van der Waals surface area contributed by atoms with E-state index in [0.29, 0.717) is 11.3 Å². The normalized spacial score (nSPS) is 12.2. The second-order valence-electron chi connectivity index (χ2n) is 5.37. The summed E-state index contributed by atoms with van der Waals surface area (Å²) in [6.45, 7) is 0. The highest BCUT2D eigenvalue weighted by Gasteiger charge is 2.18. The smallest absolute Gasteiger partial charge is 0.244 e. The van der Waals surface area contributed by atoms with E-state index in [-0.39, 0.29) is 0 Å². The van der Waals surface area contributed by atoms with E-state index in [1.807, 2.05) is 30.3 Å². The summed E-state index contributed by atoms with van der Waals surface area (Å²) in [7, 11) is 0. The summed E-state index contributed by atoms with van der Waals surface area (Å²) in [6.07, 6.45) is 4.42. The number of nitrogens with one attached hydrogen (secondary N) is 1. The van der Waals surface area contributed by atoms with Crippen molar-refractivity contribution in [2.75, 3.05) is 0 Å². The van der Waals surface area contributed by atoms with E-state index in [4.69, 9.17) is 5.73 Å². The molecule has 0 radical (unpaired) electrons. The molecule has 0 spiro atoms. The van der Waals surface area contributed by atoms with E-state index < -0.39 is 17.9 Å². The maximum absolute atomic E-state index is 12.1. The van der Waals surface area contributed by atoms with Crippen molar-refractivity contribution in [3.05, 3.63) is 78.1 Å². The molecule has 0 aliphatic rings. The number of carbonyl (C=O) groups excluding carboxylic acids is 2. The predicted octanol–water partition coefficient (Wildman–Crippen LogP) is 1.99. The zero-order valence-corrected chi connectivity index (χ0v) is 13.3. The average Bonchev–Trinajstić information content (AvgIpc) is 2.64. The molecule has 3 rings (SSSR count). The van der Waals surface area contributed by atoms with E-state index in [1.165, 1.54) is 12.2 Å². The third-order valence-electron chi connectivity index (χ3n) is 3.58. The van der Waals surface area contributed by atoms with Crippen LogP contribution in [0, 0.1) is 0 Å². The van der Waals surface area contributed by atoms with E-state index in [9.17, 15) is 9.59 Å². The lowest BCUT2D eigenvalue weighted by Gasteiger charge is -2.14. The van der Waals surface area contributed by atoms with Crippen molar-refractivity contribution in [3.8, 4) is 0 Å². The number of para-hydroxylation sites is 2. The van der Waals surface area contributed by atoms with E-state index in [2.05, 4.69) is 15.3 Å². The lowest BCUT2D eigenvalue weighted by Crippen LogP contribution is -2.36. The van der Waals surface area contributed by atoms with Crippen molar-refractivity contribution in [2.24, 2.45) is 5.73 Å². The van der Waals surface area contributed by atoms with Gasteiger partial charge in [-0.2, -0.15) is 0 Å². The van der Waals surface area contributed by atoms with Crippen LogP contribution < -0.4 is 11.1 Å². The molecule has 6 nitrogen and oxygen atoms in total. The predicted molar refractivity (Wildman–Crippen MR) is 95.1 cm³/mol. The highest BCUT2D eigenvalue weighted by atomic mass is 16.2. The highest BCUT2D eigenvalue weighted by Crippen LogP contribution is 2.12. The van der Waals surface area contributed by atoms with Crippen LogP contribution in [0.15, 0.2) is 66.9 Å². The molecular weight excluding hydrogens is 316 g/mol. The molecule has 1 heterocycles. The Morgan fingerprint density at radius 2 is 1.68 bits per heavy atom. The Bertz CT molecular complexity index is 938. The molecule has 1 aromatic heterocycles. The number of rotatable bonds is 5. The van der Waals surface area contributed by atoms with Gasteiger partial charge in [-0.15, -0.1) is 0 Å². The first-order valence-corrected chi connectivity index (χ1v) is 7.68. The average molecular weight is 332 g/mol. The van der Waals surface area contributed by atoms with Crippen molar-refractivity contribution < 1.29 is 9.59 Å². The summed E-state index contributed by atoms with van der Waals surface area (Å²) in [5.41, 5.74) is 8.08. The van der Waals surface area contributed by atoms with Gasteiger partial charge in [-0.3, -0.25) is 14.6 Å². The van der Waals surface area contributed by atoms with Crippen LogP contribution in [-0.4, -0.2) is 21.8 Å². The molecule has 6 heteroatoms. The number of amides is 2. The largest absolute Gasteiger partial charge is 0.368 e. The van der Waals surface area contributed by atoms with Crippen LogP contribution in [0.25, 0.3) is 17.1 Å². The van der Waals surface area contributed by atoms with Gasteiger partial charge >= 0.3 is 0 Å². The van der Waals surface area contributed by atoms with Crippen molar-refractivity contribution >= 4 is 28.9 Å². The fraction of sp³-hybridized carbons (Fsp3) is 0.0526. The minimum atomic E-state index is -0.888. The lowest BCUT2D eigenvalue weighted by atomic mass is 10.1. The van der Waals surface area contributed by atoms with Crippen molar-refractivity contribution in [1.29, 1.82) is 0 Å². The molecule has 0 aliphatic carbocycles. The number of fused-ring (bicyclic) bond motifs is 1. The van der Waals surface area contributed by atoms with Crippen LogP contribution in [0.4, 0.5) is 0 Å². The molecule has 3 aromatic rings. The quantitative estimate of drug-likeness (QED) is 0.698. The Morgan fingerprint density at radius 1 is 1.00 bits per heavy atom. The van der Waals surface area contributed by atoms with Gasteiger partial charge in [0.1, 0.15) is 6.04 Å². The monoisotopic (exact) mass is 332 g/mol. The van der Waals surface area contributed by atoms with E-state index in [0.717, 1.165) is 11.0 Å². The number of benzene rings is 2. The van der Waals surface area contributed by atoms with Gasteiger partial charge in [0.25, 0.3) is 0 Å². The first-order chi connectivity index (χ1) is 12.1. The molecule has 0 aliphatic heterocycles. The number of hydrogen-bond acceptors (Lipinski definition) is 4. The number of carbonyl (C=O) groups is 2. The number of aromatic nitrogens is 2. The van der Waals surface area contributed by atoms with Gasteiger partial charge in [0.15, 0.2) is 0 Å². The molecule has 0 saturated heterocycles. The molecule has 0 bridgehead atoms. The zero-order valence-electron chi connectivity index (χ0n) is 13.3. The molecule has 0 saturated carbocycles. The number of primary amides is 1. The van der Waals surface area contributed by atoms with Crippen LogP contribution in [-0.2, 0) is 9.59 Å². The maximum atomic E-state index is 12.1. The van der Waals surface area contributed by atoms with Gasteiger partial charge in [0.2, 0.25) is 11.8 Å². The van der Waals surface area contributed by atoms with Gasteiger partial charge in [-0.25, -0.2) is 4.98 Å². The molecule has 2 aromatic carbocycles. The molecule has 1 atom stereocenters. The minimum Gasteiger partial charge on any atom is -0.368 e. The van der Waals surface area contributed by atoms with E-state index >= 15 is 0 Å². The molecule has 124 valence electrons. The van der Waals surface area contributed by atoms with Gasteiger partial charge in [-0.1, -0.05) is 42.5 Å². The molecule has 1 unspecified atom stereocenters. The highest BCUT2D eigenvalue weighted by molar-refractivity contribution is 5.95. The van der Waals surface area contributed by atoms with Crippen LogP contribution in [0.2, 0.25) is 0 Å². The molecule has 25 heavy (non-hydrogen) atoms. The third kappa shape index (κ3) is 4.06. The van der Waals surface area contributed by atoms with Crippen molar-refractivity contribution in [3.63, 3.8) is 0 Å². The summed E-state index contributed by atoms with van der Waals surface area (Å²) in [5, 5.41) is 2.59. The zero-order chi connectivity index (χ0) is 17.6. The Hall–Kier alpha value is -3.54. The molecule has 3 N–H and O–H groups in total.